The van der Waals surface area contributed by atoms with Crippen molar-refractivity contribution in [3.63, 3.8) is 0 Å². The van der Waals surface area contributed by atoms with Crippen LogP contribution >= 0.6 is 22.9 Å². The van der Waals surface area contributed by atoms with E-state index in [0.717, 1.165) is 40.9 Å². The molecule has 0 saturated carbocycles. The summed E-state index contributed by atoms with van der Waals surface area (Å²) in [6.45, 7) is 7.98. The van der Waals surface area contributed by atoms with Gasteiger partial charge in [-0.15, -0.1) is 11.3 Å². The monoisotopic (exact) mass is 392 g/mol. The van der Waals surface area contributed by atoms with Gasteiger partial charge < -0.3 is 15.1 Å². The normalized spacial score (nSPS) is 14.8. The molecule has 1 aromatic carbocycles. The maximum Gasteiger partial charge on any atom is 0.317 e. The molecule has 2 aromatic rings. The SMILES string of the molecule is CC(C)c1nc(CCNC(=O)N2CCN(c3cccc(Cl)c3)CC2)cs1. The standard InChI is InChI=1S/C19H25ClN4OS/c1-14(2)18-22-16(13-26-18)6-7-21-19(25)24-10-8-23(9-11-24)17-5-3-4-15(20)12-17/h3-5,12-14H,6-11H2,1-2H3,(H,21,25). The molecule has 2 heterocycles. The van der Waals surface area contributed by atoms with Gasteiger partial charge in [-0.1, -0.05) is 31.5 Å². The lowest BCUT2D eigenvalue weighted by atomic mass is 10.2. The molecule has 0 spiro atoms. The number of anilines is 1. The molecule has 0 atom stereocenters. The average molecular weight is 393 g/mol. The Morgan fingerprint density at radius 2 is 2.08 bits per heavy atom. The van der Waals surface area contributed by atoms with Crippen molar-refractivity contribution >= 4 is 34.7 Å². The lowest BCUT2D eigenvalue weighted by Gasteiger charge is -2.36. The Labute approximate surface area is 164 Å². The molecule has 0 unspecified atom stereocenters. The maximum atomic E-state index is 12.4. The number of carbonyl (C=O) groups excluding carboxylic acids is 1. The van der Waals surface area contributed by atoms with Crippen molar-refractivity contribution in [1.29, 1.82) is 0 Å². The van der Waals surface area contributed by atoms with Crippen molar-refractivity contribution < 1.29 is 4.79 Å². The first kappa shape index (κ1) is 19.0. The molecule has 1 aliphatic heterocycles. The number of urea groups is 1. The molecule has 1 saturated heterocycles. The van der Waals surface area contributed by atoms with E-state index in [1.807, 2.05) is 23.1 Å². The number of aromatic nitrogens is 1. The Balaban J connectivity index is 1.42. The highest BCUT2D eigenvalue weighted by atomic mass is 35.5. The summed E-state index contributed by atoms with van der Waals surface area (Å²) in [5.74, 6) is 0.458. The average Bonchev–Trinajstić information content (AvgIpc) is 3.11. The van der Waals surface area contributed by atoms with E-state index in [1.165, 1.54) is 0 Å². The first-order valence-corrected chi connectivity index (χ1v) is 10.3. The Hall–Kier alpha value is -1.79. The number of thiazole rings is 1. The van der Waals surface area contributed by atoms with Crippen molar-refractivity contribution in [2.24, 2.45) is 0 Å². The summed E-state index contributed by atoms with van der Waals surface area (Å²) in [5.41, 5.74) is 2.17. The van der Waals surface area contributed by atoms with Gasteiger partial charge in [0.05, 0.1) is 10.7 Å². The van der Waals surface area contributed by atoms with Crippen LogP contribution < -0.4 is 10.2 Å². The molecule has 26 heavy (non-hydrogen) atoms. The van der Waals surface area contributed by atoms with Gasteiger partial charge in [-0.2, -0.15) is 0 Å². The lowest BCUT2D eigenvalue weighted by Crippen LogP contribution is -2.52. The second-order valence-electron chi connectivity index (χ2n) is 6.77. The summed E-state index contributed by atoms with van der Waals surface area (Å²) in [6, 6.07) is 7.87. The van der Waals surface area contributed by atoms with Crippen molar-refractivity contribution in [2.75, 3.05) is 37.6 Å². The molecule has 0 radical (unpaired) electrons. The summed E-state index contributed by atoms with van der Waals surface area (Å²) in [5, 5.41) is 7.00. The number of rotatable bonds is 5. The van der Waals surface area contributed by atoms with Gasteiger partial charge in [0.25, 0.3) is 0 Å². The Bertz CT molecular complexity index is 741. The summed E-state index contributed by atoms with van der Waals surface area (Å²) in [4.78, 5) is 21.1. The van der Waals surface area contributed by atoms with Gasteiger partial charge >= 0.3 is 6.03 Å². The second kappa shape index (κ2) is 8.73. The quantitative estimate of drug-likeness (QED) is 0.836. The largest absolute Gasteiger partial charge is 0.368 e. The van der Waals surface area contributed by atoms with Gasteiger partial charge in [-0.25, -0.2) is 9.78 Å². The van der Waals surface area contributed by atoms with Crippen LogP contribution in [0.3, 0.4) is 0 Å². The van der Waals surface area contributed by atoms with Crippen LogP contribution in [0.5, 0.6) is 0 Å². The Kier molecular flexibility index (Phi) is 6.38. The van der Waals surface area contributed by atoms with E-state index in [2.05, 4.69) is 40.5 Å². The number of hydrogen-bond acceptors (Lipinski definition) is 4. The smallest absolute Gasteiger partial charge is 0.317 e. The minimum atomic E-state index is 0.00931. The van der Waals surface area contributed by atoms with Gasteiger partial charge in [0.2, 0.25) is 0 Å². The lowest BCUT2D eigenvalue weighted by molar-refractivity contribution is 0.194. The molecule has 2 amide bonds. The minimum absolute atomic E-state index is 0.00931. The van der Waals surface area contributed by atoms with Crippen LogP contribution in [0.25, 0.3) is 0 Å². The molecule has 1 aliphatic rings. The third-order valence-electron chi connectivity index (χ3n) is 4.46. The fourth-order valence-electron chi connectivity index (χ4n) is 2.95. The van der Waals surface area contributed by atoms with Crippen LogP contribution in [0.1, 0.15) is 30.5 Å². The zero-order valence-corrected chi connectivity index (χ0v) is 16.8. The van der Waals surface area contributed by atoms with Crippen molar-refractivity contribution in [1.82, 2.24) is 15.2 Å². The molecule has 0 bridgehead atoms. The highest BCUT2D eigenvalue weighted by Gasteiger charge is 2.21. The van der Waals surface area contributed by atoms with E-state index in [9.17, 15) is 4.79 Å². The topological polar surface area (TPSA) is 48.5 Å². The van der Waals surface area contributed by atoms with Crippen LogP contribution in [0.15, 0.2) is 29.6 Å². The highest BCUT2D eigenvalue weighted by molar-refractivity contribution is 7.09. The molecule has 1 N–H and O–H groups in total. The van der Waals surface area contributed by atoms with E-state index in [1.54, 1.807) is 11.3 Å². The molecule has 1 fully saturated rings. The number of nitrogens with one attached hydrogen (secondary N) is 1. The Morgan fingerprint density at radius 3 is 2.73 bits per heavy atom. The number of amides is 2. The van der Waals surface area contributed by atoms with Gasteiger partial charge in [0, 0.05) is 61.2 Å². The van der Waals surface area contributed by atoms with Gasteiger partial charge in [0.15, 0.2) is 0 Å². The third-order valence-corrected chi connectivity index (χ3v) is 5.89. The fraction of sp³-hybridized carbons (Fsp3) is 0.474. The number of hydrogen-bond donors (Lipinski definition) is 1. The molecular formula is C19H25ClN4OS. The van der Waals surface area contributed by atoms with E-state index >= 15 is 0 Å². The number of halogens is 1. The number of nitrogens with zero attached hydrogens (tertiary/aromatic N) is 3. The van der Waals surface area contributed by atoms with Crippen LogP contribution in [-0.2, 0) is 6.42 Å². The zero-order chi connectivity index (χ0) is 18.5. The van der Waals surface area contributed by atoms with Crippen molar-refractivity contribution in [3.8, 4) is 0 Å². The first-order chi connectivity index (χ1) is 12.5. The molecule has 7 heteroatoms. The zero-order valence-electron chi connectivity index (χ0n) is 15.2. The molecule has 1 aromatic heterocycles. The number of benzene rings is 1. The summed E-state index contributed by atoms with van der Waals surface area (Å²) < 4.78 is 0. The second-order valence-corrected chi connectivity index (χ2v) is 8.09. The van der Waals surface area contributed by atoms with Gasteiger partial charge in [0.1, 0.15) is 0 Å². The van der Waals surface area contributed by atoms with Gasteiger partial charge in [-0.05, 0) is 18.2 Å². The predicted molar refractivity (Wildman–Crippen MR) is 109 cm³/mol. The Morgan fingerprint density at radius 1 is 1.31 bits per heavy atom. The predicted octanol–water partition coefficient (Wildman–Crippen LogP) is 3.99. The fourth-order valence-corrected chi connectivity index (χ4v) is 4.01. The summed E-state index contributed by atoms with van der Waals surface area (Å²) in [6.07, 6.45) is 0.775. The van der Waals surface area contributed by atoms with Gasteiger partial charge in [-0.3, -0.25) is 0 Å². The van der Waals surface area contributed by atoms with Crippen LogP contribution in [0.2, 0.25) is 5.02 Å². The minimum Gasteiger partial charge on any atom is -0.368 e. The molecule has 3 rings (SSSR count). The van der Waals surface area contributed by atoms with Crippen LogP contribution in [0.4, 0.5) is 10.5 Å². The molecular weight excluding hydrogens is 368 g/mol. The van der Waals surface area contributed by atoms with Crippen molar-refractivity contribution in [3.05, 3.63) is 45.4 Å². The van der Waals surface area contributed by atoms with E-state index in [0.29, 0.717) is 25.6 Å². The van der Waals surface area contributed by atoms with E-state index in [4.69, 9.17) is 11.6 Å². The third kappa shape index (κ3) is 4.89. The van der Waals surface area contributed by atoms with Crippen LogP contribution in [0, 0.1) is 0 Å². The van der Waals surface area contributed by atoms with Crippen LogP contribution in [-0.4, -0.2) is 48.6 Å². The number of piperazine rings is 1. The molecule has 140 valence electrons. The van der Waals surface area contributed by atoms with E-state index < -0.39 is 0 Å². The summed E-state index contributed by atoms with van der Waals surface area (Å²) >= 11 is 7.76. The first-order valence-electron chi connectivity index (χ1n) is 9.00. The highest BCUT2D eigenvalue weighted by Crippen LogP contribution is 2.21. The summed E-state index contributed by atoms with van der Waals surface area (Å²) in [7, 11) is 0. The molecule has 0 aliphatic carbocycles. The maximum absolute atomic E-state index is 12.4. The van der Waals surface area contributed by atoms with E-state index in [-0.39, 0.29) is 6.03 Å². The molecule has 5 nitrogen and oxygen atoms in total. The number of carbonyl (C=O) groups is 1. The van der Waals surface area contributed by atoms with Crippen molar-refractivity contribution in [2.45, 2.75) is 26.2 Å².